The van der Waals surface area contributed by atoms with Crippen LogP contribution in [0.4, 0.5) is 0 Å². The summed E-state index contributed by atoms with van der Waals surface area (Å²) in [5, 5.41) is 0.861. The quantitative estimate of drug-likeness (QED) is 0.937. The van der Waals surface area contributed by atoms with Crippen molar-refractivity contribution in [3.05, 3.63) is 26.6 Å². The average molecular weight is 331 g/mol. The van der Waals surface area contributed by atoms with Gasteiger partial charge in [-0.05, 0) is 63.5 Å². The number of thiophene rings is 1. The molecule has 2 aliphatic carbocycles. The number of nitrogens with zero attached hydrogens (tertiary/aromatic N) is 2. The summed E-state index contributed by atoms with van der Waals surface area (Å²) in [4.78, 5) is 25.0. The van der Waals surface area contributed by atoms with Gasteiger partial charge in [-0.15, -0.1) is 11.3 Å². The van der Waals surface area contributed by atoms with E-state index in [1.807, 2.05) is 0 Å². The molecule has 4 rings (SSSR count). The Hall–Kier alpha value is -1.20. The van der Waals surface area contributed by atoms with Crippen molar-refractivity contribution in [2.45, 2.75) is 64.5 Å². The van der Waals surface area contributed by atoms with E-state index in [4.69, 9.17) is 4.98 Å². The van der Waals surface area contributed by atoms with Crippen LogP contribution in [0.1, 0.15) is 55.3 Å². The van der Waals surface area contributed by atoms with Crippen LogP contribution in [0.15, 0.2) is 4.79 Å². The second kappa shape index (κ2) is 6.02. The predicted octanol–water partition coefficient (Wildman–Crippen LogP) is 3.48. The van der Waals surface area contributed by atoms with Gasteiger partial charge in [-0.25, -0.2) is 4.98 Å². The molecule has 0 aromatic carbocycles. The molecule has 23 heavy (non-hydrogen) atoms. The molecule has 1 saturated carbocycles. The normalized spacial score (nSPS) is 24.5. The molecule has 2 heterocycles. The molecule has 0 radical (unpaired) electrons. The number of rotatable bonds is 3. The lowest BCUT2D eigenvalue weighted by Crippen LogP contribution is -2.35. The topological polar surface area (TPSA) is 49.0 Å². The van der Waals surface area contributed by atoms with Gasteiger partial charge in [-0.1, -0.05) is 6.92 Å². The van der Waals surface area contributed by atoms with Crippen LogP contribution in [0.25, 0.3) is 10.2 Å². The average Bonchev–Trinajstić information content (AvgIpc) is 3.07. The Morgan fingerprint density at radius 2 is 2.04 bits per heavy atom. The minimum atomic E-state index is 0.0649. The molecule has 0 atom stereocenters. The highest BCUT2D eigenvalue weighted by atomic mass is 32.1. The Kier molecular flexibility index (Phi) is 4.01. The fourth-order valence-corrected chi connectivity index (χ4v) is 5.45. The van der Waals surface area contributed by atoms with Crippen molar-refractivity contribution in [1.82, 2.24) is 14.9 Å². The van der Waals surface area contributed by atoms with Gasteiger partial charge >= 0.3 is 0 Å². The molecule has 2 aliphatic rings. The van der Waals surface area contributed by atoms with E-state index in [1.54, 1.807) is 11.3 Å². The van der Waals surface area contributed by atoms with E-state index in [0.717, 1.165) is 41.3 Å². The van der Waals surface area contributed by atoms with Gasteiger partial charge in [0.25, 0.3) is 5.56 Å². The zero-order valence-electron chi connectivity index (χ0n) is 14.0. The Bertz CT molecular complexity index is 770. The van der Waals surface area contributed by atoms with Crippen LogP contribution in [-0.4, -0.2) is 28.0 Å². The first-order valence-electron chi connectivity index (χ1n) is 8.85. The minimum Gasteiger partial charge on any atom is -0.309 e. The highest BCUT2D eigenvalue weighted by Gasteiger charge is 2.24. The van der Waals surface area contributed by atoms with E-state index in [-0.39, 0.29) is 5.56 Å². The molecule has 0 spiro atoms. The molecule has 124 valence electrons. The third kappa shape index (κ3) is 2.85. The van der Waals surface area contributed by atoms with Gasteiger partial charge in [-0.2, -0.15) is 0 Å². The SMILES string of the molecule is CC1CCC(N(C)Cc2nc3sc4c(c3c(=O)[nH]2)CCC4)CC1. The molecule has 0 saturated heterocycles. The Morgan fingerprint density at radius 3 is 2.83 bits per heavy atom. The van der Waals surface area contributed by atoms with Crippen molar-refractivity contribution >= 4 is 21.6 Å². The molecule has 4 nitrogen and oxygen atoms in total. The monoisotopic (exact) mass is 331 g/mol. The smallest absolute Gasteiger partial charge is 0.259 e. The molecule has 5 heteroatoms. The van der Waals surface area contributed by atoms with Gasteiger partial charge in [0.1, 0.15) is 10.7 Å². The first-order valence-corrected chi connectivity index (χ1v) is 9.67. The van der Waals surface area contributed by atoms with Crippen molar-refractivity contribution < 1.29 is 0 Å². The second-order valence-electron chi connectivity index (χ2n) is 7.38. The summed E-state index contributed by atoms with van der Waals surface area (Å²) in [6.45, 7) is 3.09. The third-order valence-corrected chi connectivity index (χ3v) is 6.82. The number of hydrogen-bond donors (Lipinski definition) is 1. The van der Waals surface area contributed by atoms with E-state index >= 15 is 0 Å². The van der Waals surface area contributed by atoms with Crippen LogP contribution < -0.4 is 5.56 Å². The van der Waals surface area contributed by atoms with Crippen molar-refractivity contribution in [3.63, 3.8) is 0 Å². The van der Waals surface area contributed by atoms with Gasteiger partial charge in [0, 0.05) is 10.9 Å². The van der Waals surface area contributed by atoms with E-state index in [9.17, 15) is 4.79 Å². The lowest BCUT2D eigenvalue weighted by atomic mass is 9.87. The summed E-state index contributed by atoms with van der Waals surface area (Å²) < 4.78 is 0. The van der Waals surface area contributed by atoms with Crippen LogP contribution in [0, 0.1) is 5.92 Å². The number of aromatic amines is 1. The van der Waals surface area contributed by atoms with Crippen LogP contribution >= 0.6 is 11.3 Å². The molecule has 2 aromatic heterocycles. The number of fused-ring (bicyclic) bond motifs is 3. The molecule has 1 N–H and O–H groups in total. The highest BCUT2D eigenvalue weighted by molar-refractivity contribution is 7.18. The van der Waals surface area contributed by atoms with Crippen molar-refractivity contribution in [2.24, 2.45) is 5.92 Å². The molecular formula is C18H25N3OS. The van der Waals surface area contributed by atoms with Gasteiger partial charge in [0.2, 0.25) is 0 Å². The first-order chi connectivity index (χ1) is 11.1. The largest absolute Gasteiger partial charge is 0.309 e. The first kappa shape index (κ1) is 15.3. The molecule has 1 fully saturated rings. The van der Waals surface area contributed by atoms with E-state index in [2.05, 4.69) is 23.9 Å². The lowest BCUT2D eigenvalue weighted by molar-refractivity contribution is 0.161. The number of hydrogen-bond acceptors (Lipinski definition) is 4. The molecule has 0 bridgehead atoms. The Morgan fingerprint density at radius 1 is 1.26 bits per heavy atom. The standard InChI is InChI=1S/C18H25N3OS/c1-11-6-8-12(9-7-11)21(2)10-15-19-17(22)16-13-4-3-5-14(13)23-18(16)20-15/h11-12H,3-10H2,1-2H3,(H,19,20,22). The summed E-state index contributed by atoms with van der Waals surface area (Å²) in [6, 6.07) is 0.626. The van der Waals surface area contributed by atoms with Crippen molar-refractivity contribution in [2.75, 3.05) is 7.05 Å². The fourth-order valence-electron chi connectivity index (χ4n) is 4.17. The number of nitrogens with one attached hydrogen (secondary N) is 1. The minimum absolute atomic E-state index is 0.0649. The zero-order chi connectivity index (χ0) is 16.0. The van der Waals surface area contributed by atoms with Crippen LogP contribution in [0.3, 0.4) is 0 Å². The molecular weight excluding hydrogens is 306 g/mol. The highest BCUT2D eigenvalue weighted by Crippen LogP contribution is 2.34. The maximum Gasteiger partial charge on any atom is 0.259 e. The Balaban J connectivity index is 1.56. The van der Waals surface area contributed by atoms with Crippen LogP contribution in [0.2, 0.25) is 0 Å². The van der Waals surface area contributed by atoms with E-state index < -0.39 is 0 Å². The molecule has 0 unspecified atom stereocenters. The summed E-state index contributed by atoms with van der Waals surface area (Å²) >= 11 is 1.73. The zero-order valence-corrected chi connectivity index (χ0v) is 14.8. The molecule has 0 amide bonds. The lowest BCUT2D eigenvalue weighted by Gasteiger charge is -2.33. The Labute approximate surface area is 140 Å². The van der Waals surface area contributed by atoms with Crippen molar-refractivity contribution in [3.8, 4) is 0 Å². The van der Waals surface area contributed by atoms with E-state index in [0.29, 0.717) is 6.04 Å². The third-order valence-electron chi connectivity index (χ3n) is 5.63. The van der Waals surface area contributed by atoms with Gasteiger partial charge < -0.3 is 4.98 Å². The predicted molar refractivity (Wildman–Crippen MR) is 95.2 cm³/mol. The van der Waals surface area contributed by atoms with Gasteiger partial charge in [-0.3, -0.25) is 9.69 Å². The summed E-state index contributed by atoms with van der Waals surface area (Å²) in [7, 11) is 2.17. The second-order valence-corrected chi connectivity index (χ2v) is 8.46. The maximum atomic E-state index is 12.5. The maximum absolute atomic E-state index is 12.5. The number of aromatic nitrogens is 2. The summed E-state index contributed by atoms with van der Waals surface area (Å²) in [6.07, 6.45) is 8.49. The van der Waals surface area contributed by atoms with Crippen LogP contribution in [-0.2, 0) is 19.4 Å². The molecule has 0 aliphatic heterocycles. The fraction of sp³-hybridized carbons (Fsp3) is 0.667. The summed E-state index contributed by atoms with van der Waals surface area (Å²) in [5.74, 6) is 1.69. The number of H-pyrrole nitrogens is 1. The van der Waals surface area contributed by atoms with E-state index in [1.165, 1.54) is 42.5 Å². The van der Waals surface area contributed by atoms with Gasteiger partial charge in [0.15, 0.2) is 0 Å². The molecule has 2 aromatic rings. The van der Waals surface area contributed by atoms with Crippen LogP contribution in [0.5, 0.6) is 0 Å². The van der Waals surface area contributed by atoms with Crippen molar-refractivity contribution in [1.29, 1.82) is 0 Å². The summed E-state index contributed by atoms with van der Waals surface area (Å²) in [5.41, 5.74) is 1.33. The number of aryl methyl sites for hydroxylation is 2. The van der Waals surface area contributed by atoms with Gasteiger partial charge in [0.05, 0.1) is 11.9 Å².